The predicted octanol–water partition coefficient (Wildman–Crippen LogP) is 5.16. The van der Waals surface area contributed by atoms with E-state index in [-0.39, 0.29) is 16.8 Å². The minimum absolute atomic E-state index is 0.0840. The minimum atomic E-state index is -3.83. The molecule has 0 radical (unpaired) electrons. The van der Waals surface area contributed by atoms with Crippen LogP contribution in [0.3, 0.4) is 0 Å². The maximum Gasteiger partial charge on any atom is 0.262 e. The molecule has 0 aliphatic rings. The van der Waals surface area contributed by atoms with E-state index in [1.54, 1.807) is 31.2 Å². The maximum absolute atomic E-state index is 12.9. The van der Waals surface area contributed by atoms with Gasteiger partial charge in [0.25, 0.3) is 15.9 Å². The normalized spacial score (nSPS) is 12.3. The van der Waals surface area contributed by atoms with Crippen molar-refractivity contribution in [3.05, 3.63) is 94.5 Å². The van der Waals surface area contributed by atoms with E-state index >= 15 is 0 Å². The second kappa shape index (κ2) is 9.35. The van der Waals surface area contributed by atoms with Crippen LogP contribution < -0.4 is 10.0 Å². The quantitative estimate of drug-likeness (QED) is 0.537. The molecule has 1 unspecified atom stereocenters. The van der Waals surface area contributed by atoms with Crippen molar-refractivity contribution in [1.29, 1.82) is 0 Å². The molecule has 1 amide bonds. The SMILES string of the molecule is CCc1ccc(C(C)NC(=O)c2ccc(C)c(S(=O)(=O)Nc3ccc(C)cc3)c2)cc1. The molecule has 0 saturated heterocycles. The molecule has 5 nitrogen and oxygen atoms in total. The number of carbonyl (C=O) groups excluding carboxylic acids is 1. The third-order valence-corrected chi connectivity index (χ3v) is 6.80. The monoisotopic (exact) mass is 436 g/mol. The third-order valence-electron chi connectivity index (χ3n) is 5.28. The number of rotatable bonds is 7. The van der Waals surface area contributed by atoms with Gasteiger partial charge in [0, 0.05) is 11.3 Å². The molecular weight excluding hydrogens is 408 g/mol. The lowest BCUT2D eigenvalue weighted by Gasteiger charge is -2.16. The maximum atomic E-state index is 12.9. The molecule has 0 spiro atoms. The summed E-state index contributed by atoms with van der Waals surface area (Å²) in [5.74, 6) is -0.321. The van der Waals surface area contributed by atoms with Gasteiger partial charge in [-0.1, -0.05) is 55.0 Å². The van der Waals surface area contributed by atoms with Gasteiger partial charge < -0.3 is 5.32 Å². The average molecular weight is 437 g/mol. The smallest absolute Gasteiger partial charge is 0.262 e. The Bertz CT molecular complexity index is 1170. The van der Waals surface area contributed by atoms with Gasteiger partial charge in [-0.05, 0) is 68.1 Å². The Morgan fingerprint density at radius 1 is 0.935 bits per heavy atom. The lowest BCUT2D eigenvalue weighted by Crippen LogP contribution is -2.27. The van der Waals surface area contributed by atoms with Gasteiger partial charge in [0.05, 0.1) is 10.9 Å². The zero-order valence-corrected chi connectivity index (χ0v) is 19.1. The van der Waals surface area contributed by atoms with Crippen LogP contribution in [0.5, 0.6) is 0 Å². The molecule has 6 heteroatoms. The Kier molecular flexibility index (Phi) is 6.81. The fraction of sp³-hybridized carbons (Fsp3) is 0.240. The molecule has 3 aromatic rings. The van der Waals surface area contributed by atoms with Crippen LogP contribution in [0.1, 0.15) is 52.5 Å². The number of carbonyl (C=O) groups is 1. The number of nitrogens with one attached hydrogen (secondary N) is 2. The summed E-state index contributed by atoms with van der Waals surface area (Å²) in [6.45, 7) is 7.65. The van der Waals surface area contributed by atoms with Gasteiger partial charge in [-0.15, -0.1) is 0 Å². The average Bonchev–Trinajstić information content (AvgIpc) is 2.75. The first kappa shape index (κ1) is 22.6. The highest BCUT2D eigenvalue weighted by molar-refractivity contribution is 7.92. The minimum Gasteiger partial charge on any atom is -0.346 e. The molecule has 3 rings (SSSR count). The Morgan fingerprint density at radius 3 is 2.19 bits per heavy atom. The summed E-state index contributed by atoms with van der Waals surface area (Å²) in [6, 6.07) is 19.7. The molecule has 0 aliphatic heterocycles. The molecule has 3 aromatic carbocycles. The van der Waals surface area contributed by atoms with E-state index in [9.17, 15) is 13.2 Å². The molecule has 1 atom stereocenters. The lowest BCUT2D eigenvalue weighted by molar-refractivity contribution is 0.0939. The molecule has 0 saturated carbocycles. The van der Waals surface area contributed by atoms with Gasteiger partial charge in [-0.25, -0.2) is 8.42 Å². The largest absolute Gasteiger partial charge is 0.346 e. The highest BCUT2D eigenvalue weighted by Gasteiger charge is 2.20. The van der Waals surface area contributed by atoms with Gasteiger partial charge in [-0.3, -0.25) is 9.52 Å². The lowest BCUT2D eigenvalue weighted by atomic mass is 10.0. The van der Waals surface area contributed by atoms with Crippen LogP contribution in [0.2, 0.25) is 0 Å². The number of hydrogen-bond donors (Lipinski definition) is 2. The fourth-order valence-electron chi connectivity index (χ4n) is 3.27. The van der Waals surface area contributed by atoms with Crippen LogP contribution >= 0.6 is 0 Å². The summed E-state index contributed by atoms with van der Waals surface area (Å²) in [4.78, 5) is 12.9. The van der Waals surface area contributed by atoms with E-state index < -0.39 is 10.0 Å². The van der Waals surface area contributed by atoms with Gasteiger partial charge in [0.2, 0.25) is 0 Å². The number of hydrogen-bond acceptors (Lipinski definition) is 3. The summed E-state index contributed by atoms with van der Waals surface area (Å²) < 4.78 is 28.5. The first-order chi connectivity index (χ1) is 14.7. The van der Waals surface area contributed by atoms with E-state index in [0.29, 0.717) is 16.8 Å². The molecule has 0 aromatic heterocycles. The fourth-order valence-corrected chi connectivity index (χ4v) is 4.60. The molecule has 31 heavy (non-hydrogen) atoms. The third kappa shape index (κ3) is 5.52. The van der Waals surface area contributed by atoms with Crippen LogP contribution in [0, 0.1) is 13.8 Å². The van der Waals surface area contributed by atoms with Crippen molar-refractivity contribution in [3.63, 3.8) is 0 Å². The number of amides is 1. The van der Waals surface area contributed by atoms with Crippen LogP contribution in [-0.2, 0) is 16.4 Å². The summed E-state index contributed by atoms with van der Waals surface area (Å²) in [5.41, 5.74) is 4.61. The number of aryl methyl sites for hydroxylation is 3. The van der Waals surface area contributed by atoms with Crippen molar-refractivity contribution in [2.75, 3.05) is 4.72 Å². The molecule has 0 bridgehead atoms. The highest BCUT2D eigenvalue weighted by atomic mass is 32.2. The number of benzene rings is 3. The second-order valence-electron chi connectivity index (χ2n) is 7.74. The Balaban J connectivity index is 1.80. The summed E-state index contributed by atoms with van der Waals surface area (Å²) in [5, 5.41) is 2.95. The van der Waals surface area contributed by atoms with Gasteiger partial charge >= 0.3 is 0 Å². The topological polar surface area (TPSA) is 75.3 Å². The standard InChI is InChI=1S/C25H28N2O3S/c1-5-20-9-12-21(13-10-20)19(4)26-25(28)22-11-8-18(3)24(16-22)31(29,30)27-23-14-6-17(2)7-15-23/h6-16,19,27H,5H2,1-4H3,(H,26,28). The van der Waals surface area contributed by atoms with Crippen molar-refractivity contribution in [2.24, 2.45) is 0 Å². The first-order valence-corrected chi connectivity index (χ1v) is 11.8. The number of anilines is 1. The molecule has 162 valence electrons. The highest BCUT2D eigenvalue weighted by Crippen LogP contribution is 2.22. The van der Waals surface area contributed by atoms with Crippen molar-refractivity contribution in [3.8, 4) is 0 Å². The zero-order valence-electron chi connectivity index (χ0n) is 18.3. The van der Waals surface area contributed by atoms with Crippen molar-refractivity contribution < 1.29 is 13.2 Å². The zero-order chi connectivity index (χ0) is 22.6. The van der Waals surface area contributed by atoms with Crippen LogP contribution in [0.4, 0.5) is 5.69 Å². The molecule has 0 heterocycles. The Hall–Kier alpha value is -3.12. The summed E-state index contributed by atoms with van der Waals surface area (Å²) in [7, 11) is -3.83. The predicted molar refractivity (Wildman–Crippen MR) is 125 cm³/mol. The van der Waals surface area contributed by atoms with E-state index in [0.717, 1.165) is 17.5 Å². The molecule has 0 aliphatic carbocycles. The number of sulfonamides is 1. The second-order valence-corrected chi connectivity index (χ2v) is 9.39. The van der Waals surface area contributed by atoms with E-state index in [1.807, 2.05) is 50.2 Å². The van der Waals surface area contributed by atoms with Crippen LogP contribution in [0.15, 0.2) is 71.6 Å². The van der Waals surface area contributed by atoms with E-state index in [4.69, 9.17) is 0 Å². The van der Waals surface area contributed by atoms with E-state index in [1.165, 1.54) is 11.6 Å². The molecule has 2 N–H and O–H groups in total. The van der Waals surface area contributed by atoms with Crippen LogP contribution in [0.25, 0.3) is 0 Å². The summed E-state index contributed by atoms with van der Waals surface area (Å²) >= 11 is 0. The molecule has 0 fully saturated rings. The first-order valence-electron chi connectivity index (χ1n) is 10.3. The van der Waals surface area contributed by atoms with Crippen molar-refractivity contribution in [2.45, 2.75) is 45.1 Å². The van der Waals surface area contributed by atoms with Gasteiger partial charge in [0.1, 0.15) is 0 Å². The van der Waals surface area contributed by atoms with Gasteiger partial charge in [-0.2, -0.15) is 0 Å². The van der Waals surface area contributed by atoms with Crippen molar-refractivity contribution >= 4 is 21.6 Å². The van der Waals surface area contributed by atoms with E-state index in [2.05, 4.69) is 17.0 Å². The Morgan fingerprint density at radius 2 is 1.58 bits per heavy atom. The Labute approximate surface area is 184 Å². The summed E-state index contributed by atoms with van der Waals surface area (Å²) in [6.07, 6.45) is 0.957. The van der Waals surface area contributed by atoms with Gasteiger partial charge in [0.15, 0.2) is 0 Å². The van der Waals surface area contributed by atoms with Crippen molar-refractivity contribution in [1.82, 2.24) is 5.32 Å². The molecular formula is C25H28N2O3S. The van der Waals surface area contributed by atoms with Crippen LogP contribution in [-0.4, -0.2) is 14.3 Å².